The lowest BCUT2D eigenvalue weighted by Gasteiger charge is -2.20. The third-order valence-corrected chi connectivity index (χ3v) is 5.08. The van der Waals surface area contributed by atoms with Crippen molar-refractivity contribution in [3.63, 3.8) is 0 Å². The molecule has 1 aromatic carbocycles. The van der Waals surface area contributed by atoms with Gasteiger partial charge in [-0.25, -0.2) is 0 Å². The molecule has 0 saturated carbocycles. The Morgan fingerprint density at radius 3 is 2.48 bits per heavy atom. The molecule has 0 spiro atoms. The van der Waals surface area contributed by atoms with Crippen molar-refractivity contribution in [1.29, 1.82) is 0 Å². The Morgan fingerprint density at radius 1 is 1.00 bits per heavy atom. The second-order valence-electron chi connectivity index (χ2n) is 5.56. The van der Waals surface area contributed by atoms with Gasteiger partial charge in [0.05, 0.1) is 0 Å². The van der Waals surface area contributed by atoms with E-state index in [0.29, 0.717) is 5.82 Å². The van der Waals surface area contributed by atoms with E-state index in [4.69, 9.17) is 5.10 Å². The van der Waals surface area contributed by atoms with Crippen LogP contribution in [0.1, 0.15) is 13.8 Å². The van der Waals surface area contributed by atoms with Crippen molar-refractivity contribution in [1.82, 2.24) is 24.8 Å². The lowest BCUT2D eigenvalue weighted by molar-refractivity contribution is 0.866. The van der Waals surface area contributed by atoms with Crippen LogP contribution in [0.25, 0.3) is 27.1 Å². The normalized spacial score (nSPS) is 11.1. The summed E-state index contributed by atoms with van der Waals surface area (Å²) >= 11 is 1.53. The van der Waals surface area contributed by atoms with Gasteiger partial charge in [0, 0.05) is 30.5 Å². The highest BCUT2D eigenvalue weighted by Gasteiger charge is 2.15. The number of rotatable bonds is 5. The molecule has 0 amide bonds. The summed E-state index contributed by atoms with van der Waals surface area (Å²) < 4.78 is 1.76. The fourth-order valence-corrected chi connectivity index (χ4v) is 3.64. The molecule has 3 aromatic heterocycles. The van der Waals surface area contributed by atoms with Crippen LogP contribution in [-0.4, -0.2) is 37.9 Å². The minimum Gasteiger partial charge on any atom is -0.372 e. The van der Waals surface area contributed by atoms with E-state index in [9.17, 15) is 0 Å². The van der Waals surface area contributed by atoms with Gasteiger partial charge in [-0.3, -0.25) is 4.98 Å². The predicted octanol–water partition coefficient (Wildman–Crippen LogP) is 3.76. The maximum Gasteiger partial charge on any atom is 0.235 e. The number of hydrogen-bond donors (Lipinski definition) is 0. The van der Waals surface area contributed by atoms with Crippen molar-refractivity contribution >= 4 is 22.0 Å². The molecule has 0 aliphatic carbocycles. The molecule has 4 aromatic rings. The summed E-state index contributed by atoms with van der Waals surface area (Å²) in [6.45, 7) is 6.33. The predicted molar refractivity (Wildman–Crippen MR) is 101 cm³/mol. The van der Waals surface area contributed by atoms with E-state index in [1.165, 1.54) is 17.0 Å². The van der Waals surface area contributed by atoms with Gasteiger partial charge in [0.1, 0.15) is 10.7 Å². The molecular weight excluding hydrogens is 332 g/mol. The van der Waals surface area contributed by atoms with Crippen molar-refractivity contribution in [2.75, 3.05) is 18.0 Å². The Hall–Kier alpha value is -2.80. The van der Waals surface area contributed by atoms with Gasteiger partial charge in [-0.1, -0.05) is 17.4 Å². The summed E-state index contributed by atoms with van der Waals surface area (Å²) in [5, 5.41) is 14.1. The molecule has 0 aliphatic rings. The van der Waals surface area contributed by atoms with E-state index < -0.39 is 0 Å². The molecule has 0 saturated heterocycles. The van der Waals surface area contributed by atoms with Crippen LogP contribution >= 0.6 is 11.3 Å². The van der Waals surface area contributed by atoms with Crippen molar-refractivity contribution < 1.29 is 0 Å². The Labute approximate surface area is 149 Å². The molecule has 0 bridgehead atoms. The summed E-state index contributed by atoms with van der Waals surface area (Å²) in [7, 11) is 0. The Kier molecular flexibility index (Phi) is 4.15. The molecule has 0 N–H and O–H groups in total. The van der Waals surface area contributed by atoms with E-state index in [-0.39, 0.29) is 0 Å². The molecular formula is C18H18N6S. The minimum atomic E-state index is 0.665. The van der Waals surface area contributed by atoms with Crippen LogP contribution < -0.4 is 4.90 Å². The highest BCUT2D eigenvalue weighted by molar-refractivity contribution is 7.19. The van der Waals surface area contributed by atoms with Crippen LogP contribution in [0.2, 0.25) is 0 Å². The summed E-state index contributed by atoms with van der Waals surface area (Å²) in [4.78, 5) is 7.43. The Balaban J connectivity index is 1.70. The summed E-state index contributed by atoms with van der Waals surface area (Å²) in [5.41, 5.74) is 3.08. The number of anilines is 1. The molecule has 0 unspecified atom stereocenters. The van der Waals surface area contributed by atoms with E-state index >= 15 is 0 Å². The summed E-state index contributed by atoms with van der Waals surface area (Å²) in [5.74, 6) is 0.665. The monoisotopic (exact) mass is 350 g/mol. The number of pyridine rings is 1. The zero-order chi connectivity index (χ0) is 17.2. The van der Waals surface area contributed by atoms with Gasteiger partial charge in [0.2, 0.25) is 10.8 Å². The molecule has 0 radical (unpaired) electrons. The van der Waals surface area contributed by atoms with Crippen molar-refractivity contribution in [2.45, 2.75) is 13.8 Å². The van der Waals surface area contributed by atoms with E-state index in [2.05, 4.69) is 58.2 Å². The smallest absolute Gasteiger partial charge is 0.235 e. The van der Waals surface area contributed by atoms with Crippen LogP contribution in [0.3, 0.4) is 0 Å². The highest BCUT2D eigenvalue weighted by atomic mass is 32.1. The van der Waals surface area contributed by atoms with Gasteiger partial charge in [-0.15, -0.1) is 10.2 Å². The number of nitrogens with zero attached hydrogens (tertiary/aromatic N) is 6. The lowest BCUT2D eigenvalue weighted by Crippen LogP contribution is -2.21. The molecule has 25 heavy (non-hydrogen) atoms. The lowest BCUT2D eigenvalue weighted by atomic mass is 10.2. The molecule has 3 heterocycles. The molecule has 6 nitrogen and oxygen atoms in total. The third kappa shape index (κ3) is 2.87. The summed E-state index contributed by atoms with van der Waals surface area (Å²) in [6.07, 6.45) is 1.75. The quantitative estimate of drug-likeness (QED) is 0.548. The van der Waals surface area contributed by atoms with Gasteiger partial charge in [-0.05, 0) is 50.2 Å². The molecule has 7 heteroatoms. The molecule has 0 atom stereocenters. The van der Waals surface area contributed by atoms with Crippen LogP contribution in [0.4, 0.5) is 5.69 Å². The van der Waals surface area contributed by atoms with Gasteiger partial charge >= 0.3 is 0 Å². The fraction of sp³-hybridized carbons (Fsp3) is 0.222. The molecule has 0 aliphatic heterocycles. The van der Waals surface area contributed by atoms with Crippen molar-refractivity contribution in [3.05, 3.63) is 48.7 Å². The van der Waals surface area contributed by atoms with Crippen molar-refractivity contribution in [2.24, 2.45) is 0 Å². The number of hydrogen-bond acceptors (Lipinski definition) is 6. The second kappa shape index (κ2) is 6.60. The first-order valence-corrected chi connectivity index (χ1v) is 9.10. The van der Waals surface area contributed by atoms with Gasteiger partial charge in [0.15, 0.2) is 0 Å². The second-order valence-corrected chi connectivity index (χ2v) is 6.52. The first-order valence-electron chi connectivity index (χ1n) is 8.29. The highest BCUT2D eigenvalue weighted by Crippen LogP contribution is 2.29. The van der Waals surface area contributed by atoms with Crippen LogP contribution in [0.5, 0.6) is 0 Å². The maximum absolute atomic E-state index is 4.69. The minimum absolute atomic E-state index is 0.665. The zero-order valence-corrected chi connectivity index (χ0v) is 14.9. The number of benzene rings is 1. The van der Waals surface area contributed by atoms with Crippen LogP contribution in [0, 0.1) is 0 Å². The maximum atomic E-state index is 4.69. The molecule has 126 valence electrons. The van der Waals surface area contributed by atoms with Crippen molar-refractivity contribution in [3.8, 4) is 22.1 Å². The standard InChI is InChI=1S/C18H18N6S/c1-3-23(4-2)14-10-8-13(9-11-14)17-22-24-16(20-21-18(24)25-17)15-7-5-6-12-19-15/h5-12H,3-4H2,1-2H3. The van der Waals surface area contributed by atoms with E-state index in [0.717, 1.165) is 34.3 Å². The average molecular weight is 350 g/mol. The van der Waals surface area contributed by atoms with Gasteiger partial charge < -0.3 is 4.90 Å². The van der Waals surface area contributed by atoms with E-state index in [1.807, 2.05) is 18.2 Å². The van der Waals surface area contributed by atoms with Crippen LogP contribution in [-0.2, 0) is 0 Å². The van der Waals surface area contributed by atoms with Gasteiger partial charge in [0.25, 0.3) is 0 Å². The largest absolute Gasteiger partial charge is 0.372 e. The van der Waals surface area contributed by atoms with Gasteiger partial charge in [-0.2, -0.15) is 9.61 Å². The Bertz CT molecular complexity index is 970. The molecule has 4 rings (SSSR count). The zero-order valence-electron chi connectivity index (χ0n) is 14.1. The topological polar surface area (TPSA) is 59.2 Å². The van der Waals surface area contributed by atoms with Crippen LogP contribution in [0.15, 0.2) is 48.7 Å². The number of fused-ring (bicyclic) bond motifs is 1. The fourth-order valence-electron chi connectivity index (χ4n) is 2.79. The molecule has 0 fully saturated rings. The Morgan fingerprint density at radius 2 is 1.80 bits per heavy atom. The average Bonchev–Trinajstić information content (AvgIpc) is 3.25. The first kappa shape index (κ1) is 15.7. The SMILES string of the molecule is CCN(CC)c1ccc(-c2nn3c(-c4ccccn4)nnc3s2)cc1. The van der Waals surface area contributed by atoms with E-state index in [1.54, 1.807) is 10.7 Å². The summed E-state index contributed by atoms with van der Waals surface area (Å²) in [6, 6.07) is 14.2. The third-order valence-electron chi connectivity index (χ3n) is 4.13. The number of aromatic nitrogens is 5. The first-order chi connectivity index (χ1) is 12.3.